The zero-order chi connectivity index (χ0) is 15.8. The lowest BCUT2D eigenvalue weighted by Gasteiger charge is -2.15. The third kappa shape index (κ3) is 3.28. The van der Waals surface area contributed by atoms with Gasteiger partial charge in [0, 0.05) is 17.3 Å². The Morgan fingerprint density at radius 2 is 1.86 bits per heavy atom. The minimum absolute atomic E-state index is 0.201. The molecule has 2 aromatic rings. The topological polar surface area (TPSA) is 85.3 Å². The van der Waals surface area contributed by atoms with Crippen molar-refractivity contribution in [2.75, 3.05) is 5.73 Å². The Morgan fingerprint density at radius 3 is 2.43 bits per heavy atom. The molecule has 0 bridgehead atoms. The van der Waals surface area contributed by atoms with E-state index in [9.17, 15) is 8.42 Å². The van der Waals surface area contributed by atoms with Crippen molar-refractivity contribution in [3.05, 3.63) is 46.9 Å². The van der Waals surface area contributed by atoms with Crippen LogP contribution in [0.3, 0.4) is 0 Å². The Hall–Kier alpha value is -1.79. The Bertz CT molecular complexity index is 763. The molecule has 1 heterocycles. The van der Waals surface area contributed by atoms with Crippen LogP contribution in [0.1, 0.15) is 35.6 Å². The second-order valence-corrected chi connectivity index (χ2v) is 6.92. The minimum Gasteiger partial charge on any atom is -0.466 e. The molecule has 0 spiro atoms. The van der Waals surface area contributed by atoms with E-state index in [4.69, 9.17) is 10.2 Å². The molecule has 0 aliphatic heterocycles. The molecular weight excluding hydrogens is 288 g/mol. The van der Waals surface area contributed by atoms with Crippen LogP contribution in [0.25, 0.3) is 0 Å². The van der Waals surface area contributed by atoms with Crippen molar-refractivity contribution in [1.82, 2.24) is 4.72 Å². The van der Waals surface area contributed by atoms with Crippen molar-refractivity contribution in [3.63, 3.8) is 0 Å². The van der Waals surface area contributed by atoms with Crippen molar-refractivity contribution in [1.29, 1.82) is 0 Å². The van der Waals surface area contributed by atoms with Gasteiger partial charge in [0.25, 0.3) is 0 Å². The second-order valence-electron chi connectivity index (χ2n) is 5.24. The summed E-state index contributed by atoms with van der Waals surface area (Å²) in [5, 5.41) is 0. The normalized spacial score (nSPS) is 13.3. The molecule has 0 saturated carbocycles. The number of nitrogens with two attached hydrogens (primary N) is 1. The molecule has 0 fully saturated rings. The van der Waals surface area contributed by atoms with Gasteiger partial charge in [0.1, 0.15) is 11.5 Å². The number of anilines is 1. The SMILES string of the molecule is Cc1cc(C(C)NS(=O)(=O)c2cc(N)ccc2C)c(C)o1. The van der Waals surface area contributed by atoms with E-state index >= 15 is 0 Å². The average Bonchev–Trinajstić information content (AvgIpc) is 2.71. The lowest BCUT2D eigenvalue weighted by atomic mass is 10.1. The zero-order valence-corrected chi connectivity index (χ0v) is 13.4. The van der Waals surface area contributed by atoms with Gasteiger partial charge in [-0.2, -0.15) is 0 Å². The van der Waals surface area contributed by atoms with E-state index in [0.717, 1.165) is 11.3 Å². The Morgan fingerprint density at radius 1 is 1.19 bits per heavy atom. The van der Waals surface area contributed by atoms with E-state index in [2.05, 4.69) is 4.72 Å². The fourth-order valence-corrected chi connectivity index (χ4v) is 3.85. The third-order valence-electron chi connectivity index (χ3n) is 3.38. The summed E-state index contributed by atoms with van der Waals surface area (Å²) in [6.45, 7) is 7.18. The van der Waals surface area contributed by atoms with Crippen LogP contribution in [0.15, 0.2) is 33.6 Å². The Labute approximate surface area is 125 Å². The van der Waals surface area contributed by atoms with Crippen LogP contribution in [0.5, 0.6) is 0 Å². The van der Waals surface area contributed by atoms with Gasteiger partial charge in [-0.15, -0.1) is 0 Å². The van der Waals surface area contributed by atoms with Crippen molar-refractivity contribution < 1.29 is 12.8 Å². The quantitative estimate of drug-likeness (QED) is 0.850. The number of sulfonamides is 1. The van der Waals surface area contributed by atoms with Crippen molar-refractivity contribution in [2.45, 2.75) is 38.6 Å². The summed E-state index contributed by atoms with van der Waals surface area (Å²) >= 11 is 0. The lowest BCUT2D eigenvalue weighted by Crippen LogP contribution is -2.27. The van der Waals surface area contributed by atoms with Crippen molar-refractivity contribution in [3.8, 4) is 0 Å². The molecule has 1 atom stereocenters. The summed E-state index contributed by atoms with van der Waals surface area (Å²) in [5.41, 5.74) is 7.59. The summed E-state index contributed by atoms with van der Waals surface area (Å²) in [6.07, 6.45) is 0. The molecule has 6 heteroatoms. The molecule has 0 amide bonds. The molecule has 2 rings (SSSR count). The Balaban J connectivity index is 2.33. The van der Waals surface area contributed by atoms with Gasteiger partial charge >= 0.3 is 0 Å². The first-order chi connectivity index (χ1) is 9.70. The van der Waals surface area contributed by atoms with E-state index in [1.54, 1.807) is 26.0 Å². The van der Waals surface area contributed by atoms with Crippen LogP contribution in [0, 0.1) is 20.8 Å². The molecule has 0 aliphatic rings. The molecule has 0 saturated heterocycles. The van der Waals surface area contributed by atoms with E-state index in [-0.39, 0.29) is 10.9 Å². The molecule has 1 unspecified atom stereocenters. The van der Waals surface area contributed by atoms with Gasteiger partial charge in [-0.25, -0.2) is 13.1 Å². The number of aryl methyl sites for hydroxylation is 3. The average molecular weight is 308 g/mol. The maximum absolute atomic E-state index is 12.5. The molecule has 3 N–H and O–H groups in total. The van der Waals surface area contributed by atoms with Crippen LogP contribution in [0.4, 0.5) is 5.69 Å². The van der Waals surface area contributed by atoms with Gasteiger partial charge in [-0.3, -0.25) is 0 Å². The largest absolute Gasteiger partial charge is 0.466 e. The van der Waals surface area contributed by atoms with Crippen molar-refractivity contribution >= 4 is 15.7 Å². The van der Waals surface area contributed by atoms with Crippen LogP contribution in [0.2, 0.25) is 0 Å². The van der Waals surface area contributed by atoms with E-state index in [0.29, 0.717) is 17.0 Å². The number of nitrogens with one attached hydrogen (secondary N) is 1. The summed E-state index contributed by atoms with van der Waals surface area (Å²) in [6, 6.07) is 6.31. The molecule has 1 aromatic carbocycles. The number of benzene rings is 1. The van der Waals surface area contributed by atoms with E-state index in [1.807, 2.05) is 19.9 Å². The van der Waals surface area contributed by atoms with Crippen LogP contribution in [-0.4, -0.2) is 8.42 Å². The first-order valence-electron chi connectivity index (χ1n) is 6.66. The number of hydrogen-bond donors (Lipinski definition) is 2. The van der Waals surface area contributed by atoms with Gasteiger partial charge in [-0.1, -0.05) is 6.07 Å². The fraction of sp³-hybridized carbons (Fsp3) is 0.333. The molecule has 0 aliphatic carbocycles. The van der Waals surface area contributed by atoms with Crippen LogP contribution >= 0.6 is 0 Å². The van der Waals surface area contributed by atoms with E-state index in [1.165, 1.54) is 6.07 Å². The molecule has 0 radical (unpaired) electrons. The smallest absolute Gasteiger partial charge is 0.241 e. The first kappa shape index (κ1) is 15.6. The number of hydrogen-bond acceptors (Lipinski definition) is 4. The highest BCUT2D eigenvalue weighted by atomic mass is 32.2. The highest BCUT2D eigenvalue weighted by Crippen LogP contribution is 2.25. The summed E-state index contributed by atoms with van der Waals surface area (Å²) < 4.78 is 33.1. The number of furan rings is 1. The van der Waals surface area contributed by atoms with Crippen LogP contribution < -0.4 is 10.5 Å². The fourth-order valence-electron chi connectivity index (χ4n) is 2.35. The maximum Gasteiger partial charge on any atom is 0.241 e. The van der Waals surface area contributed by atoms with Crippen molar-refractivity contribution in [2.24, 2.45) is 0 Å². The summed E-state index contributed by atoms with van der Waals surface area (Å²) in [4.78, 5) is 0.201. The lowest BCUT2D eigenvalue weighted by molar-refractivity contribution is 0.496. The Kier molecular flexibility index (Phi) is 4.11. The second kappa shape index (κ2) is 5.54. The molecule has 21 heavy (non-hydrogen) atoms. The summed E-state index contributed by atoms with van der Waals surface area (Å²) in [5.74, 6) is 1.47. The number of nitrogen functional groups attached to an aromatic ring is 1. The zero-order valence-electron chi connectivity index (χ0n) is 12.6. The predicted molar refractivity (Wildman–Crippen MR) is 82.5 cm³/mol. The van der Waals surface area contributed by atoms with Gasteiger partial charge in [-0.05, 0) is 51.5 Å². The third-order valence-corrected chi connectivity index (χ3v) is 5.06. The maximum atomic E-state index is 12.5. The first-order valence-corrected chi connectivity index (χ1v) is 8.14. The standard InChI is InChI=1S/C15H20N2O3S/c1-9-5-6-13(16)8-15(9)21(18,19)17-11(3)14-7-10(2)20-12(14)4/h5-8,11,17H,16H2,1-4H3. The summed E-state index contributed by atoms with van der Waals surface area (Å²) in [7, 11) is -3.64. The molecule has 114 valence electrons. The predicted octanol–water partition coefficient (Wildman–Crippen LogP) is 2.83. The van der Waals surface area contributed by atoms with Gasteiger partial charge in [0.15, 0.2) is 0 Å². The number of rotatable bonds is 4. The van der Waals surface area contributed by atoms with Gasteiger partial charge in [0.2, 0.25) is 10.0 Å². The van der Waals surface area contributed by atoms with E-state index < -0.39 is 10.0 Å². The molecular formula is C15H20N2O3S. The molecule has 1 aromatic heterocycles. The highest BCUT2D eigenvalue weighted by molar-refractivity contribution is 7.89. The monoisotopic (exact) mass is 308 g/mol. The van der Waals surface area contributed by atoms with Gasteiger partial charge in [0.05, 0.1) is 4.90 Å². The highest BCUT2D eigenvalue weighted by Gasteiger charge is 2.22. The van der Waals surface area contributed by atoms with Gasteiger partial charge < -0.3 is 10.2 Å². The minimum atomic E-state index is -3.64. The van der Waals surface area contributed by atoms with Crippen LogP contribution in [-0.2, 0) is 10.0 Å². The molecule has 5 nitrogen and oxygen atoms in total.